The zero-order chi connectivity index (χ0) is 21.0. The molecule has 6 nitrogen and oxygen atoms in total. The largest absolute Gasteiger partial charge is 0.478 e. The van der Waals surface area contributed by atoms with Gasteiger partial charge in [0.1, 0.15) is 0 Å². The monoisotopic (exact) mass is 451 g/mol. The van der Waals surface area contributed by atoms with E-state index in [0.717, 1.165) is 4.47 Å². The molecular formula is C22H18BrN3O3. The summed E-state index contributed by atoms with van der Waals surface area (Å²) in [4.78, 5) is 24.8. The van der Waals surface area contributed by atoms with Crippen LogP contribution in [0.3, 0.4) is 0 Å². The van der Waals surface area contributed by atoms with E-state index in [0.29, 0.717) is 28.9 Å². The highest BCUT2D eigenvalue weighted by atomic mass is 79.9. The number of hydrogen-bond acceptors (Lipinski definition) is 4. The van der Waals surface area contributed by atoms with Gasteiger partial charge in [-0.25, -0.2) is 9.80 Å². The molecule has 0 bridgehead atoms. The van der Waals surface area contributed by atoms with E-state index in [1.54, 1.807) is 36.4 Å². The third-order valence-electron chi connectivity index (χ3n) is 4.65. The number of aliphatic carboxylic acids is 1. The third-order valence-corrected chi connectivity index (χ3v) is 5.18. The van der Waals surface area contributed by atoms with Gasteiger partial charge in [-0.05, 0) is 60.9 Å². The summed E-state index contributed by atoms with van der Waals surface area (Å²) in [7, 11) is 0. The van der Waals surface area contributed by atoms with Crippen LogP contribution >= 0.6 is 15.9 Å². The number of carbonyl (C=O) groups excluding carboxylic acids is 1. The van der Waals surface area contributed by atoms with Crippen molar-refractivity contribution in [2.75, 3.05) is 5.01 Å². The van der Waals surface area contributed by atoms with Gasteiger partial charge in [0.15, 0.2) is 0 Å². The number of amides is 1. The molecule has 7 heteroatoms. The summed E-state index contributed by atoms with van der Waals surface area (Å²) in [6, 6.07) is 15.9. The molecule has 3 rings (SSSR count). The maximum Gasteiger partial charge on any atom is 0.331 e. The van der Waals surface area contributed by atoms with Crippen LogP contribution in [0.1, 0.15) is 30.9 Å². The van der Waals surface area contributed by atoms with Crippen molar-refractivity contribution in [2.24, 2.45) is 11.0 Å². The molecule has 0 fully saturated rings. The number of nitrogens with zero attached hydrogens (tertiary/aromatic N) is 3. The maximum absolute atomic E-state index is 13.0. The van der Waals surface area contributed by atoms with Crippen molar-refractivity contribution in [3.05, 3.63) is 69.7 Å². The molecule has 1 N–H and O–H groups in total. The Morgan fingerprint density at radius 2 is 1.90 bits per heavy atom. The Morgan fingerprint density at radius 1 is 1.24 bits per heavy atom. The van der Waals surface area contributed by atoms with Crippen LogP contribution in [0.4, 0.5) is 5.69 Å². The average molecular weight is 452 g/mol. The summed E-state index contributed by atoms with van der Waals surface area (Å²) >= 11 is 3.37. The first-order valence-electron chi connectivity index (χ1n) is 9.04. The van der Waals surface area contributed by atoms with E-state index in [-0.39, 0.29) is 17.9 Å². The molecular weight excluding hydrogens is 434 g/mol. The Kier molecular flexibility index (Phi) is 6.25. The van der Waals surface area contributed by atoms with Gasteiger partial charge in [0.25, 0.3) is 5.91 Å². The van der Waals surface area contributed by atoms with Gasteiger partial charge < -0.3 is 5.11 Å². The number of carboxylic acid groups (broad SMARTS) is 1. The second kappa shape index (κ2) is 8.84. The zero-order valence-electron chi connectivity index (χ0n) is 15.7. The molecule has 0 aliphatic carbocycles. The predicted octanol–water partition coefficient (Wildman–Crippen LogP) is 4.61. The number of benzene rings is 2. The van der Waals surface area contributed by atoms with Crippen molar-refractivity contribution in [1.29, 1.82) is 5.26 Å². The molecule has 0 aromatic heterocycles. The van der Waals surface area contributed by atoms with Gasteiger partial charge in [-0.3, -0.25) is 4.79 Å². The minimum absolute atomic E-state index is 0.0495. The molecule has 1 unspecified atom stereocenters. The first-order chi connectivity index (χ1) is 13.9. The van der Waals surface area contributed by atoms with Crippen molar-refractivity contribution < 1.29 is 14.7 Å². The number of hydrazone groups is 1. The van der Waals surface area contributed by atoms with E-state index in [9.17, 15) is 14.7 Å². The number of hydrogen-bond donors (Lipinski definition) is 1. The summed E-state index contributed by atoms with van der Waals surface area (Å²) < 4.78 is 0.891. The van der Waals surface area contributed by atoms with Crippen LogP contribution in [0, 0.1) is 17.2 Å². The summed E-state index contributed by atoms with van der Waals surface area (Å²) in [6.45, 7) is 1.90. The van der Waals surface area contributed by atoms with E-state index in [1.165, 1.54) is 11.1 Å². The lowest BCUT2D eigenvalue weighted by Crippen LogP contribution is -2.28. The van der Waals surface area contributed by atoms with Crippen LogP contribution in [0.15, 0.2) is 63.7 Å². The Balaban J connectivity index is 1.87. The molecule has 2 aromatic carbocycles. The third kappa shape index (κ3) is 4.61. The van der Waals surface area contributed by atoms with E-state index < -0.39 is 11.9 Å². The van der Waals surface area contributed by atoms with Crippen LogP contribution in [0.2, 0.25) is 0 Å². The fourth-order valence-corrected chi connectivity index (χ4v) is 3.37. The average Bonchev–Trinajstić information content (AvgIpc) is 3.04. The highest BCUT2D eigenvalue weighted by molar-refractivity contribution is 9.10. The van der Waals surface area contributed by atoms with Crippen molar-refractivity contribution in [1.82, 2.24) is 0 Å². The van der Waals surface area contributed by atoms with E-state index >= 15 is 0 Å². The molecule has 1 aliphatic heterocycles. The number of halogens is 1. The summed E-state index contributed by atoms with van der Waals surface area (Å²) in [5.41, 5.74) is 2.57. The van der Waals surface area contributed by atoms with Gasteiger partial charge >= 0.3 is 5.97 Å². The highest BCUT2D eigenvalue weighted by Crippen LogP contribution is 2.30. The molecule has 1 heterocycles. The predicted molar refractivity (Wildman–Crippen MR) is 114 cm³/mol. The molecule has 2 aromatic rings. The van der Waals surface area contributed by atoms with Crippen molar-refractivity contribution in [2.45, 2.75) is 19.8 Å². The lowest BCUT2D eigenvalue weighted by molar-refractivity contribution is -0.132. The van der Waals surface area contributed by atoms with Crippen LogP contribution in [-0.2, 0) is 9.59 Å². The quantitative estimate of drug-likeness (QED) is 0.648. The lowest BCUT2D eigenvalue weighted by Gasteiger charge is -2.15. The van der Waals surface area contributed by atoms with Gasteiger partial charge in [-0.15, -0.1) is 0 Å². The fourth-order valence-electron chi connectivity index (χ4n) is 3.11. The molecule has 1 aliphatic rings. The van der Waals surface area contributed by atoms with Crippen LogP contribution in [0.25, 0.3) is 6.08 Å². The van der Waals surface area contributed by atoms with Gasteiger partial charge in [-0.1, -0.05) is 35.0 Å². The molecule has 1 atom stereocenters. The molecule has 0 saturated heterocycles. The van der Waals surface area contributed by atoms with Crippen molar-refractivity contribution in [3.8, 4) is 6.07 Å². The molecule has 0 saturated carbocycles. The molecule has 29 heavy (non-hydrogen) atoms. The number of rotatable bonds is 6. The van der Waals surface area contributed by atoms with Crippen molar-refractivity contribution >= 4 is 45.3 Å². The SMILES string of the molecule is CCC1=NN(c2ccc(Br)cc2)C(=O)C1CC(=Cc1ccc(C#N)cc1)C(=O)O. The second-order valence-electron chi connectivity index (χ2n) is 6.54. The Labute approximate surface area is 176 Å². The number of carbonyl (C=O) groups is 2. The minimum atomic E-state index is -1.08. The van der Waals surface area contributed by atoms with E-state index in [4.69, 9.17) is 5.26 Å². The first-order valence-corrected chi connectivity index (χ1v) is 9.83. The van der Waals surface area contributed by atoms with Crippen LogP contribution in [0.5, 0.6) is 0 Å². The standard InChI is InChI=1S/C22H18BrN3O3/c1-2-20-19(21(27)26(25-20)18-9-7-17(23)8-10-18)12-16(22(28)29)11-14-3-5-15(13-24)6-4-14/h3-11,19H,2,12H2,1H3,(H,28,29). The molecule has 0 spiro atoms. The molecule has 146 valence electrons. The van der Waals surface area contributed by atoms with E-state index in [1.807, 2.05) is 25.1 Å². The Hall–Kier alpha value is -3.24. The summed E-state index contributed by atoms with van der Waals surface area (Å²) in [5.74, 6) is -1.94. The maximum atomic E-state index is 13.0. The van der Waals surface area contributed by atoms with Gasteiger partial charge in [0.2, 0.25) is 0 Å². The molecule has 1 amide bonds. The highest BCUT2D eigenvalue weighted by Gasteiger charge is 2.37. The minimum Gasteiger partial charge on any atom is -0.478 e. The number of anilines is 1. The summed E-state index contributed by atoms with van der Waals surface area (Å²) in [6.07, 6.45) is 2.13. The second-order valence-corrected chi connectivity index (χ2v) is 7.45. The van der Waals surface area contributed by atoms with Gasteiger partial charge in [0, 0.05) is 10.0 Å². The number of nitriles is 1. The Bertz CT molecular complexity index is 1030. The fraction of sp³-hybridized carbons (Fsp3) is 0.182. The van der Waals surface area contributed by atoms with Crippen LogP contribution in [-0.4, -0.2) is 22.7 Å². The van der Waals surface area contributed by atoms with Gasteiger partial charge in [0.05, 0.1) is 28.9 Å². The smallest absolute Gasteiger partial charge is 0.331 e. The first kappa shape index (κ1) is 20.5. The Morgan fingerprint density at radius 3 is 2.45 bits per heavy atom. The molecule has 0 radical (unpaired) electrons. The van der Waals surface area contributed by atoms with E-state index in [2.05, 4.69) is 21.0 Å². The normalized spacial score (nSPS) is 16.5. The number of carboxylic acids is 1. The van der Waals surface area contributed by atoms with Gasteiger partial charge in [-0.2, -0.15) is 10.4 Å². The van der Waals surface area contributed by atoms with Crippen LogP contribution < -0.4 is 5.01 Å². The lowest BCUT2D eigenvalue weighted by atomic mass is 9.92. The summed E-state index contributed by atoms with van der Waals surface area (Å²) in [5, 5.41) is 24.3. The topological polar surface area (TPSA) is 93.8 Å². The van der Waals surface area contributed by atoms with Crippen molar-refractivity contribution in [3.63, 3.8) is 0 Å². The zero-order valence-corrected chi connectivity index (χ0v) is 17.3.